The molecular weight excluding hydrogens is 272 g/mol. The number of rotatable bonds is 4. The topological polar surface area (TPSA) is 66.5 Å². The van der Waals surface area contributed by atoms with Gasteiger partial charge in [0.2, 0.25) is 0 Å². The summed E-state index contributed by atoms with van der Waals surface area (Å²) in [6, 6.07) is 16.3. The van der Waals surface area contributed by atoms with E-state index in [0.29, 0.717) is 17.2 Å². The van der Waals surface area contributed by atoms with E-state index in [1.165, 1.54) is 7.11 Å². The van der Waals surface area contributed by atoms with Crippen LogP contribution in [-0.2, 0) is 0 Å². The number of methoxy groups -OCH3 is 1. The molecule has 21 heavy (non-hydrogen) atoms. The van der Waals surface area contributed by atoms with Crippen molar-refractivity contribution in [1.29, 1.82) is 0 Å². The van der Waals surface area contributed by atoms with Crippen LogP contribution in [0.4, 0.5) is 0 Å². The van der Waals surface area contributed by atoms with Gasteiger partial charge >= 0.3 is 11.8 Å². The molecule has 6 heteroatoms. The molecule has 1 aromatic heterocycles. The Balaban J connectivity index is 1.93. The second kappa shape index (κ2) is 5.54. The van der Waals surface area contributed by atoms with Gasteiger partial charge in [0.25, 0.3) is 0 Å². The van der Waals surface area contributed by atoms with Crippen LogP contribution in [0.25, 0.3) is 5.69 Å². The van der Waals surface area contributed by atoms with E-state index in [2.05, 4.69) is 5.10 Å². The summed E-state index contributed by atoms with van der Waals surface area (Å²) < 4.78 is 16.4. The molecule has 0 aliphatic rings. The molecule has 3 aromatic rings. The van der Waals surface area contributed by atoms with Crippen LogP contribution in [0.15, 0.2) is 63.8 Å². The molecule has 0 radical (unpaired) electrons. The number of hydrogen-bond donors (Lipinski definition) is 0. The zero-order valence-corrected chi connectivity index (χ0v) is 11.2. The molecule has 0 bridgehead atoms. The highest BCUT2D eigenvalue weighted by atomic mass is 16.6. The van der Waals surface area contributed by atoms with E-state index in [-0.39, 0.29) is 6.08 Å². The fraction of sp³-hybridized carbons (Fsp3) is 0.0667. The molecule has 0 N–H and O–H groups in total. The SMILES string of the molecule is COc1nn(-c2cccc(Oc3ccccc3)c2)c(=O)o1. The summed E-state index contributed by atoms with van der Waals surface area (Å²) in [5.41, 5.74) is 0.528. The fourth-order valence-electron chi connectivity index (χ4n) is 1.81. The Kier molecular flexibility index (Phi) is 3.42. The summed E-state index contributed by atoms with van der Waals surface area (Å²) in [5.74, 6) is 0.677. The largest absolute Gasteiger partial charge is 0.457 e. The van der Waals surface area contributed by atoms with Gasteiger partial charge in [0.1, 0.15) is 11.5 Å². The molecular formula is C15H12N2O4. The molecule has 3 rings (SSSR count). The highest BCUT2D eigenvalue weighted by Crippen LogP contribution is 2.22. The molecule has 0 aliphatic heterocycles. The maximum absolute atomic E-state index is 11.7. The van der Waals surface area contributed by atoms with Gasteiger partial charge in [0, 0.05) is 6.07 Å². The molecule has 0 atom stereocenters. The first-order chi connectivity index (χ1) is 10.3. The predicted octanol–water partition coefficient (Wildman–Crippen LogP) is 2.63. The third kappa shape index (κ3) is 2.79. The summed E-state index contributed by atoms with van der Waals surface area (Å²) in [5, 5.41) is 3.91. The van der Waals surface area contributed by atoms with Gasteiger partial charge in [-0.05, 0) is 24.3 Å². The summed E-state index contributed by atoms with van der Waals surface area (Å²) in [4.78, 5) is 11.7. The van der Waals surface area contributed by atoms with Gasteiger partial charge in [-0.2, -0.15) is 4.68 Å². The lowest BCUT2D eigenvalue weighted by atomic mass is 10.3. The van der Waals surface area contributed by atoms with Crippen LogP contribution in [0, 0.1) is 0 Å². The van der Waals surface area contributed by atoms with Gasteiger partial charge < -0.3 is 13.9 Å². The Bertz CT molecular complexity index is 793. The zero-order chi connectivity index (χ0) is 14.7. The van der Waals surface area contributed by atoms with Gasteiger partial charge in [-0.15, -0.1) is 0 Å². The highest BCUT2D eigenvalue weighted by Gasteiger charge is 2.10. The number of ether oxygens (including phenoxy) is 2. The number of benzene rings is 2. The molecule has 106 valence electrons. The van der Waals surface area contributed by atoms with Gasteiger partial charge in [-0.1, -0.05) is 29.4 Å². The van der Waals surface area contributed by atoms with E-state index in [1.807, 2.05) is 30.3 Å². The second-order valence-corrected chi connectivity index (χ2v) is 4.16. The summed E-state index contributed by atoms with van der Waals surface area (Å²) >= 11 is 0. The quantitative estimate of drug-likeness (QED) is 0.736. The van der Waals surface area contributed by atoms with Crippen LogP contribution in [0.1, 0.15) is 0 Å². The Morgan fingerprint density at radius 1 is 1.05 bits per heavy atom. The van der Waals surface area contributed by atoms with Crippen LogP contribution in [0.3, 0.4) is 0 Å². The van der Waals surface area contributed by atoms with Gasteiger partial charge in [0.05, 0.1) is 12.8 Å². The summed E-state index contributed by atoms with van der Waals surface area (Å²) in [6.07, 6.45) is -0.0885. The molecule has 0 spiro atoms. The van der Waals surface area contributed by atoms with E-state index in [9.17, 15) is 4.79 Å². The molecule has 0 fully saturated rings. The smallest absolute Gasteiger partial charge is 0.444 e. The van der Waals surface area contributed by atoms with E-state index < -0.39 is 5.76 Å². The van der Waals surface area contributed by atoms with Crippen LogP contribution < -0.4 is 15.2 Å². The highest BCUT2D eigenvalue weighted by molar-refractivity contribution is 5.40. The summed E-state index contributed by atoms with van der Waals surface area (Å²) in [6.45, 7) is 0. The maximum atomic E-state index is 11.7. The Morgan fingerprint density at radius 3 is 2.52 bits per heavy atom. The molecule has 0 amide bonds. The lowest BCUT2D eigenvalue weighted by molar-refractivity contribution is 0.282. The van der Waals surface area contributed by atoms with Crippen LogP contribution in [0.5, 0.6) is 17.6 Å². The van der Waals surface area contributed by atoms with Gasteiger partial charge in [-0.3, -0.25) is 0 Å². The number of para-hydroxylation sites is 1. The normalized spacial score (nSPS) is 10.3. The van der Waals surface area contributed by atoms with E-state index in [4.69, 9.17) is 13.9 Å². The standard InChI is InChI=1S/C15H12N2O4/c1-19-14-16-17(15(18)21-14)11-6-5-9-13(10-11)20-12-7-3-2-4-8-12/h2-10H,1H3. The van der Waals surface area contributed by atoms with Crippen molar-refractivity contribution in [2.75, 3.05) is 7.11 Å². The minimum atomic E-state index is -0.622. The average molecular weight is 284 g/mol. The van der Waals surface area contributed by atoms with Crippen molar-refractivity contribution in [3.63, 3.8) is 0 Å². The third-order valence-corrected chi connectivity index (χ3v) is 2.74. The van der Waals surface area contributed by atoms with E-state index >= 15 is 0 Å². The lowest BCUT2D eigenvalue weighted by Crippen LogP contribution is -2.13. The van der Waals surface area contributed by atoms with Crippen LogP contribution in [0.2, 0.25) is 0 Å². The third-order valence-electron chi connectivity index (χ3n) is 2.74. The first kappa shape index (κ1) is 13.0. The van der Waals surface area contributed by atoms with E-state index in [1.54, 1.807) is 24.3 Å². The first-order valence-electron chi connectivity index (χ1n) is 6.24. The Labute approximate surface area is 120 Å². The first-order valence-corrected chi connectivity index (χ1v) is 6.24. The molecule has 0 aliphatic carbocycles. The van der Waals surface area contributed by atoms with Crippen molar-refractivity contribution >= 4 is 0 Å². The molecule has 1 heterocycles. The van der Waals surface area contributed by atoms with E-state index in [0.717, 1.165) is 4.68 Å². The number of nitrogens with zero attached hydrogens (tertiary/aromatic N) is 2. The summed E-state index contributed by atoms with van der Waals surface area (Å²) in [7, 11) is 1.38. The van der Waals surface area contributed by atoms with Crippen LogP contribution >= 0.6 is 0 Å². The van der Waals surface area contributed by atoms with Crippen molar-refractivity contribution in [2.45, 2.75) is 0 Å². The second-order valence-electron chi connectivity index (χ2n) is 4.16. The van der Waals surface area contributed by atoms with Crippen LogP contribution in [-0.4, -0.2) is 16.9 Å². The van der Waals surface area contributed by atoms with Gasteiger partial charge in [-0.25, -0.2) is 4.79 Å². The van der Waals surface area contributed by atoms with Crippen molar-refractivity contribution in [3.8, 4) is 23.3 Å². The van der Waals surface area contributed by atoms with Crippen molar-refractivity contribution in [1.82, 2.24) is 9.78 Å². The zero-order valence-electron chi connectivity index (χ0n) is 11.2. The monoisotopic (exact) mass is 284 g/mol. The Hall–Kier alpha value is -3.02. The minimum Gasteiger partial charge on any atom is -0.457 e. The fourth-order valence-corrected chi connectivity index (χ4v) is 1.81. The van der Waals surface area contributed by atoms with Crippen molar-refractivity contribution < 1.29 is 13.9 Å². The minimum absolute atomic E-state index is 0.0885. The number of aromatic nitrogens is 2. The Morgan fingerprint density at radius 2 is 1.81 bits per heavy atom. The van der Waals surface area contributed by atoms with Crippen molar-refractivity contribution in [3.05, 3.63) is 65.1 Å². The maximum Gasteiger partial charge on any atom is 0.444 e. The molecule has 6 nitrogen and oxygen atoms in total. The predicted molar refractivity (Wildman–Crippen MR) is 75.2 cm³/mol. The molecule has 0 saturated carbocycles. The number of hydrogen-bond acceptors (Lipinski definition) is 5. The molecule has 0 unspecified atom stereocenters. The van der Waals surface area contributed by atoms with Gasteiger partial charge in [0.15, 0.2) is 0 Å². The molecule has 0 saturated heterocycles. The molecule has 2 aromatic carbocycles. The average Bonchev–Trinajstić information content (AvgIpc) is 2.90. The van der Waals surface area contributed by atoms with Crippen molar-refractivity contribution in [2.24, 2.45) is 0 Å². The lowest BCUT2D eigenvalue weighted by Gasteiger charge is -2.06.